The number of piperidine rings is 1. The highest BCUT2D eigenvalue weighted by atomic mass is 16.2. The monoisotopic (exact) mass is 246 g/mol. The Hall–Kier alpha value is -1.51. The molecule has 0 aromatic heterocycles. The van der Waals surface area contributed by atoms with Gasteiger partial charge in [-0.05, 0) is 37.0 Å². The van der Waals surface area contributed by atoms with Crippen LogP contribution in [-0.4, -0.2) is 38.0 Å². The third kappa shape index (κ3) is 2.84. The van der Waals surface area contributed by atoms with E-state index >= 15 is 0 Å². The van der Waals surface area contributed by atoms with Crippen LogP contribution in [0, 0.1) is 5.92 Å². The summed E-state index contributed by atoms with van der Waals surface area (Å²) in [6.45, 7) is 4.01. The molecule has 1 heterocycles. The fourth-order valence-corrected chi connectivity index (χ4v) is 2.47. The summed E-state index contributed by atoms with van der Waals surface area (Å²) in [6, 6.07) is 7.86. The van der Waals surface area contributed by atoms with Crippen LogP contribution in [-0.2, 0) is 0 Å². The molecule has 1 saturated heterocycles. The van der Waals surface area contributed by atoms with Crippen LogP contribution < -0.4 is 4.90 Å². The molecule has 1 aromatic rings. The first kappa shape index (κ1) is 12.9. The van der Waals surface area contributed by atoms with Gasteiger partial charge in [-0.25, -0.2) is 0 Å². The first-order valence-corrected chi connectivity index (χ1v) is 6.64. The zero-order valence-electron chi connectivity index (χ0n) is 11.5. The van der Waals surface area contributed by atoms with Crippen molar-refractivity contribution < 1.29 is 4.79 Å². The van der Waals surface area contributed by atoms with E-state index in [0.717, 1.165) is 30.8 Å². The summed E-state index contributed by atoms with van der Waals surface area (Å²) < 4.78 is 0. The van der Waals surface area contributed by atoms with Crippen molar-refractivity contribution in [1.29, 1.82) is 0 Å². The second kappa shape index (κ2) is 5.42. The van der Waals surface area contributed by atoms with E-state index in [1.807, 2.05) is 48.2 Å². The quantitative estimate of drug-likeness (QED) is 0.801. The molecule has 3 nitrogen and oxygen atoms in total. The van der Waals surface area contributed by atoms with Gasteiger partial charge in [-0.1, -0.05) is 13.0 Å². The van der Waals surface area contributed by atoms with Gasteiger partial charge in [-0.3, -0.25) is 4.79 Å². The highest BCUT2D eigenvalue weighted by Crippen LogP contribution is 2.20. The van der Waals surface area contributed by atoms with Crippen LogP contribution in [0.5, 0.6) is 0 Å². The predicted molar refractivity (Wildman–Crippen MR) is 75.1 cm³/mol. The highest BCUT2D eigenvalue weighted by molar-refractivity contribution is 5.95. The van der Waals surface area contributed by atoms with Crippen molar-refractivity contribution in [2.45, 2.75) is 19.8 Å². The molecular formula is C15H22N2O. The lowest BCUT2D eigenvalue weighted by Gasteiger charge is -2.31. The van der Waals surface area contributed by atoms with E-state index in [1.54, 1.807) is 0 Å². The molecule has 1 aliphatic heterocycles. The number of amides is 1. The molecular weight excluding hydrogens is 224 g/mol. The van der Waals surface area contributed by atoms with E-state index in [0.29, 0.717) is 5.92 Å². The van der Waals surface area contributed by atoms with Gasteiger partial charge in [-0.2, -0.15) is 0 Å². The maximum Gasteiger partial charge on any atom is 0.253 e. The maximum absolute atomic E-state index is 12.4. The second-order valence-electron chi connectivity index (χ2n) is 5.44. The Morgan fingerprint density at radius 2 is 2.17 bits per heavy atom. The van der Waals surface area contributed by atoms with Gasteiger partial charge in [0, 0.05) is 38.4 Å². The van der Waals surface area contributed by atoms with Crippen molar-refractivity contribution in [2.24, 2.45) is 5.92 Å². The minimum absolute atomic E-state index is 0.172. The summed E-state index contributed by atoms with van der Waals surface area (Å²) in [6.07, 6.45) is 2.36. The molecule has 0 spiro atoms. The summed E-state index contributed by atoms with van der Waals surface area (Å²) in [5.74, 6) is 0.796. The smallest absolute Gasteiger partial charge is 0.253 e. The topological polar surface area (TPSA) is 23.6 Å². The Balaban J connectivity index is 2.15. The zero-order valence-corrected chi connectivity index (χ0v) is 11.5. The maximum atomic E-state index is 12.4. The van der Waals surface area contributed by atoms with E-state index in [9.17, 15) is 4.79 Å². The normalized spacial score (nSPS) is 19.7. The Kier molecular flexibility index (Phi) is 3.90. The van der Waals surface area contributed by atoms with Crippen molar-refractivity contribution in [3.8, 4) is 0 Å². The number of hydrogen-bond acceptors (Lipinski definition) is 2. The predicted octanol–water partition coefficient (Wildman–Crippen LogP) is 2.62. The van der Waals surface area contributed by atoms with Gasteiger partial charge in [0.05, 0.1) is 0 Å². The van der Waals surface area contributed by atoms with Crippen LogP contribution in [0.2, 0.25) is 0 Å². The SMILES string of the molecule is C[C@@H]1CCCN(C(=O)c2cccc(N(C)C)c2)C1. The van der Waals surface area contributed by atoms with Gasteiger partial charge < -0.3 is 9.80 Å². The van der Waals surface area contributed by atoms with Crippen molar-refractivity contribution in [2.75, 3.05) is 32.1 Å². The van der Waals surface area contributed by atoms with Gasteiger partial charge in [0.15, 0.2) is 0 Å². The number of likely N-dealkylation sites (tertiary alicyclic amines) is 1. The number of carbonyl (C=O) groups excluding carboxylic acids is 1. The summed E-state index contributed by atoms with van der Waals surface area (Å²) in [5.41, 5.74) is 1.88. The largest absolute Gasteiger partial charge is 0.378 e. The molecule has 0 bridgehead atoms. The third-order valence-corrected chi connectivity index (χ3v) is 3.55. The number of carbonyl (C=O) groups is 1. The minimum Gasteiger partial charge on any atom is -0.378 e. The van der Waals surface area contributed by atoms with Crippen LogP contribution in [0.15, 0.2) is 24.3 Å². The lowest BCUT2D eigenvalue weighted by Crippen LogP contribution is -2.39. The van der Waals surface area contributed by atoms with E-state index in [-0.39, 0.29) is 5.91 Å². The number of anilines is 1. The molecule has 1 amide bonds. The van der Waals surface area contributed by atoms with Crippen LogP contribution in [0.4, 0.5) is 5.69 Å². The molecule has 98 valence electrons. The molecule has 0 aliphatic carbocycles. The molecule has 3 heteroatoms. The average Bonchev–Trinajstić information content (AvgIpc) is 2.38. The molecule has 2 rings (SSSR count). The Bertz CT molecular complexity index is 428. The lowest BCUT2D eigenvalue weighted by atomic mass is 9.99. The molecule has 1 atom stereocenters. The Morgan fingerprint density at radius 1 is 1.39 bits per heavy atom. The van der Waals surface area contributed by atoms with Crippen LogP contribution >= 0.6 is 0 Å². The first-order chi connectivity index (χ1) is 8.58. The van der Waals surface area contributed by atoms with Crippen LogP contribution in [0.1, 0.15) is 30.1 Å². The molecule has 18 heavy (non-hydrogen) atoms. The first-order valence-electron chi connectivity index (χ1n) is 6.64. The molecule has 1 aromatic carbocycles. The van der Waals surface area contributed by atoms with Gasteiger partial charge in [0.25, 0.3) is 5.91 Å². The fourth-order valence-electron chi connectivity index (χ4n) is 2.47. The summed E-state index contributed by atoms with van der Waals surface area (Å²) >= 11 is 0. The van der Waals surface area contributed by atoms with Crippen molar-refractivity contribution in [3.05, 3.63) is 29.8 Å². The molecule has 1 fully saturated rings. The number of benzene rings is 1. The minimum atomic E-state index is 0.172. The highest BCUT2D eigenvalue weighted by Gasteiger charge is 2.22. The van der Waals surface area contributed by atoms with E-state index in [1.165, 1.54) is 6.42 Å². The number of hydrogen-bond donors (Lipinski definition) is 0. The number of rotatable bonds is 2. The lowest BCUT2D eigenvalue weighted by molar-refractivity contribution is 0.0683. The van der Waals surface area contributed by atoms with E-state index in [2.05, 4.69) is 6.92 Å². The van der Waals surface area contributed by atoms with E-state index in [4.69, 9.17) is 0 Å². The van der Waals surface area contributed by atoms with Crippen LogP contribution in [0.25, 0.3) is 0 Å². The molecule has 0 N–H and O–H groups in total. The van der Waals surface area contributed by atoms with Gasteiger partial charge in [0.2, 0.25) is 0 Å². The Labute approximate surface area is 109 Å². The zero-order chi connectivity index (χ0) is 13.1. The second-order valence-corrected chi connectivity index (χ2v) is 5.44. The van der Waals surface area contributed by atoms with E-state index < -0.39 is 0 Å². The molecule has 0 radical (unpaired) electrons. The van der Waals surface area contributed by atoms with Gasteiger partial charge in [-0.15, -0.1) is 0 Å². The van der Waals surface area contributed by atoms with Crippen LogP contribution in [0.3, 0.4) is 0 Å². The average molecular weight is 246 g/mol. The standard InChI is InChI=1S/C15H22N2O/c1-12-6-5-9-17(11-12)15(18)13-7-4-8-14(10-13)16(2)3/h4,7-8,10,12H,5-6,9,11H2,1-3H3/t12-/m1/s1. The summed E-state index contributed by atoms with van der Waals surface area (Å²) in [5, 5.41) is 0. The molecule has 0 unspecified atom stereocenters. The van der Waals surface area contributed by atoms with Crippen molar-refractivity contribution >= 4 is 11.6 Å². The Morgan fingerprint density at radius 3 is 2.83 bits per heavy atom. The summed E-state index contributed by atoms with van der Waals surface area (Å²) in [7, 11) is 3.99. The summed E-state index contributed by atoms with van der Waals surface area (Å²) in [4.78, 5) is 16.4. The van der Waals surface area contributed by atoms with Gasteiger partial charge in [0.1, 0.15) is 0 Å². The third-order valence-electron chi connectivity index (χ3n) is 3.55. The van der Waals surface area contributed by atoms with Crippen molar-refractivity contribution in [3.63, 3.8) is 0 Å². The number of nitrogens with zero attached hydrogens (tertiary/aromatic N) is 2. The molecule has 1 aliphatic rings. The fraction of sp³-hybridized carbons (Fsp3) is 0.533. The van der Waals surface area contributed by atoms with Crippen molar-refractivity contribution in [1.82, 2.24) is 4.90 Å². The molecule has 0 saturated carbocycles. The van der Waals surface area contributed by atoms with Gasteiger partial charge >= 0.3 is 0 Å².